The van der Waals surface area contributed by atoms with Crippen LogP contribution < -0.4 is 4.74 Å². The Bertz CT molecular complexity index is 452. The minimum Gasteiger partial charge on any atom is -0.495 e. The molecule has 4 nitrogen and oxygen atoms in total. The van der Waals surface area contributed by atoms with Gasteiger partial charge in [0.15, 0.2) is 0 Å². The molecule has 2 fully saturated rings. The largest absolute Gasteiger partial charge is 0.495 e. The van der Waals surface area contributed by atoms with Gasteiger partial charge < -0.3 is 9.84 Å². The molecule has 1 atom stereocenters. The molecule has 0 bridgehead atoms. The summed E-state index contributed by atoms with van der Waals surface area (Å²) < 4.78 is 5.24. The second-order valence-corrected chi connectivity index (χ2v) is 6.07. The van der Waals surface area contributed by atoms with Gasteiger partial charge >= 0.3 is 0 Å². The van der Waals surface area contributed by atoms with E-state index >= 15 is 0 Å². The van der Waals surface area contributed by atoms with Crippen LogP contribution in [0.25, 0.3) is 0 Å². The van der Waals surface area contributed by atoms with E-state index in [2.05, 4.69) is 9.88 Å². The smallest absolute Gasteiger partial charge is 0.137 e. The topological polar surface area (TPSA) is 45.6 Å². The van der Waals surface area contributed by atoms with Crippen LogP contribution >= 0.6 is 0 Å². The van der Waals surface area contributed by atoms with Crippen molar-refractivity contribution in [2.45, 2.75) is 50.2 Å². The number of hydrogen-bond acceptors (Lipinski definition) is 4. The SMILES string of the molecule is COc1cncc(C(O)C2(N3CCCC3)CCCC2)c1. The van der Waals surface area contributed by atoms with E-state index in [-0.39, 0.29) is 5.54 Å². The maximum absolute atomic E-state index is 11.0. The molecule has 1 saturated carbocycles. The zero-order valence-corrected chi connectivity index (χ0v) is 12.2. The minimum atomic E-state index is -0.467. The van der Waals surface area contributed by atoms with Gasteiger partial charge in [-0.05, 0) is 44.8 Å². The molecule has 0 spiro atoms. The summed E-state index contributed by atoms with van der Waals surface area (Å²) in [6.45, 7) is 2.24. The lowest BCUT2D eigenvalue weighted by atomic mass is 9.85. The van der Waals surface area contributed by atoms with Crippen molar-refractivity contribution in [3.63, 3.8) is 0 Å². The van der Waals surface area contributed by atoms with Crippen LogP contribution in [0, 0.1) is 0 Å². The van der Waals surface area contributed by atoms with E-state index in [4.69, 9.17) is 4.74 Å². The molecule has 1 saturated heterocycles. The summed E-state index contributed by atoms with van der Waals surface area (Å²) in [5.74, 6) is 0.719. The van der Waals surface area contributed by atoms with Crippen molar-refractivity contribution in [3.05, 3.63) is 24.0 Å². The van der Waals surface area contributed by atoms with Gasteiger partial charge in [-0.1, -0.05) is 12.8 Å². The Balaban J connectivity index is 1.90. The van der Waals surface area contributed by atoms with Crippen LogP contribution in [0.3, 0.4) is 0 Å². The standard InChI is InChI=1S/C16H24N2O2/c1-20-14-10-13(11-17-12-14)15(19)16(6-2-3-7-16)18-8-4-5-9-18/h10-12,15,19H,2-9H2,1H3. The number of likely N-dealkylation sites (tertiary alicyclic amines) is 1. The van der Waals surface area contributed by atoms with Crippen LogP contribution in [-0.4, -0.2) is 40.7 Å². The van der Waals surface area contributed by atoms with Crippen LogP contribution in [-0.2, 0) is 0 Å². The number of rotatable bonds is 4. The maximum atomic E-state index is 11.0. The molecule has 2 aliphatic rings. The highest BCUT2D eigenvalue weighted by Crippen LogP contribution is 2.46. The molecule has 1 aromatic heterocycles. The van der Waals surface area contributed by atoms with Crippen molar-refractivity contribution in [2.75, 3.05) is 20.2 Å². The van der Waals surface area contributed by atoms with E-state index in [0.29, 0.717) is 0 Å². The fraction of sp³-hybridized carbons (Fsp3) is 0.688. The van der Waals surface area contributed by atoms with Gasteiger partial charge in [0, 0.05) is 11.8 Å². The third-order valence-corrected chi connectivity index (χ3v) is 5.00. The average molecular weight is 276 g/mol. The van der Waals surface area contributed by atoms with Gasteiger partial charge in [-0.3, -0.25) is 9.88 Å². The first-order valence-corrected chi connectivity index (χ1v) is 7.68. The molecule has 3 rings (SSSR count). The number of aliphatic hydroxyl groups is 1. The Hall–Kier alpha value is -1.13. The first-order valence-electron chi connectivity index (χ1n) is 7.68. The van der Waals surface area contributed by atoms with Crippen molar-refractivity contribution in [1.29, 1.82) is 0 Å². The monoisotopic (exact) mass is 276 g/mol. The fourth-order valence-corrected chi connectivity index (χ4v) is 3.92. The third-order valence-electron chi connectivity index (χ3n) is 5.00. The van der Waals surface area contributed by atoms with Gasteiger partial charge in [0.1, 0.15) is 5.75 Å². The summed E-state index contributed by atoms with van der Waals surface area (Å²) in [5.41, 5.74) is 0.808. The van der Waals surface area contributed by atoms with Crippen molar-refractivity contribution in [3.8, 4) is 5.75 Å². The predicted octanol–water partition coefficient (Wildman–Crippen LogP) is 2.53. The van der Waals surface area contributed by atoms with E-state index in [1.54, 1.807) is 19.5 Å². The number of hydrogen-bond donors (Lipinski definition) is 1. The third kappa shape index (κ3) is 2.31. The van der Waals surface area contributed by atoms with E-state index in [1.807, 2.05) is 6.07 Å². The van der Waals surface area contributed by atoms with Gasteiger partial charge in [0.25, 0.3) is 0 Å². The number of methoxy groups -OCH3 is 1. The summed E-state index contributed by atoms with van der Waals surface area (Å²) in [7, 11) is 1.64. The Kier molecular flexibility index (Phi) is 3.94. The van der Waals surface area contributed by atoms with E-state index in [1.165, 1.54) is 25.7 Å². The van der Waals surface area contributed by atoms with Crippen LogP contribution in [0.5, 0.6) is 5.75 Å². The van der Waals surface area contributed by atoms with Gasteiger partial charge in [-0.15, -0.1) is 0 Å². The van der Waals surface area contributed by atoms with Crippen molar-refractivity contribution >= 4 is 0 Å². The lowest BCUT2D eigenvalue weighted by molar-refractivity contribution is -0.0198. The number of nitrogens with zero attached hydrogens (tertiary/aromatic N) is 2. The molecule has 0 aromatic carbocycles. The molecule has 0 radical (unpaired) electrons. The van der Waals surface area contributed by atoms with Crippen molar-refractivity contribution in [2.24, 2.45) is 0 Å². The number of pyridine rings is 1. The van der Waals surface area contributed by atoms with Gasteiger partial charge in [0.05, 0.1) is 24.9 Å². The maximum Gasteiger partial charge on any atom is 0.137 e. The Morgan fingerprint density at radius 2 is 1.90 bits per heavy atom. The van der Waals surface area contributed by atoms with Gasteiger partial charge in [-0.2, -0.15) is 0 Å². The number of aromatic nitrogens is 1. The quantitative estimate of drug-likeness (QED) is 0.918. The molecule has 110 valence electrons. The molecule has 1 unspecified atom stereocenters. The molecule has 1 aliphatic heterocycles. The molecular formula is C16H24N2O2. The lowest BCUT2D eigenvalue weighted by Gasteiger charge is -2.42. The Morgan fingerprint density at radius 1 is 1.20 bits per heavy atom. The van der Waals surface area contributed by atoms with Crippen molar-refractivity contribution in [1.82, 2.24) is 9.88 Å². The zero-order chi connectivity index (χ0) is 14.0. The molecule has 20 heavy (non-hydrogen) atoms. The normalized spacial score (nSPS) is 23.9. The lowest BCUT2D eigenvalue weighted by Crippen LogP contribution is -2.49. The summed E-state index contributed by atoms with van der Waals surface area (Å²) >= 11 is 0. The molecular weight excluding hydrogens is 252 g/mol. The summed E-state index contributed by atoms with van der Waals surface area (Å²) in [5, 5.41) is 11.0. The van der Waals surface area contributed by atoms with Gasteiger partial charge in [0.2, 0.25) is 0 Å². The second-order valence-electron chi connectivity index (χ2n) is 6.07. The van der Waals surface area contributed by atoms with E-state index in [9.17, 15) is 5.11 Å². The molecule has 1 aliphatic carbocycles. The van der Waals surface area contributed by atoms with Crippen LogP contribution in [0.2, 0.25) is 0 Å². The van der Waals surface area contributed by atoms with Crippen LogP contribution in [0.4, 0.5) is 0 Å². The summed E-state index contributed by atoms with van der Waals surface area (Å²) in [6.07, 6.45) is 10.1. The number of ether oxygens (including phenoxy) is 1. The number of aliphatic hydroxyl groups excluding tert-OH is 1. The van der Waals surface area contributed by atoms with Gasteiger partial charge in [-0.25, -0.2) is 0 Å². The highest BCUT2D eigenvalue weighted by Gasteiger charge is 2.46. The minimum absolute atomic E-state index is 0.0788. The van der Waals surface area contributed by atoms with Crippen LogP contribution in [0.1, 0.15) is 50.2 Å². The summed E-state index contributed by atoms with van der Waals surface area (Å²) in [6, 6.07) is 1.92. The Labute approximate surface area is 120 Å². The van der Waals surface area contributed by atoms with Crippen molar-refractivity contribution < 1.29 is 9.84 Å². The average Bonchev–Trinajstić information content (AvgIpc) is 3.18. The highest BCUT2D eigenvalue weighted by molar-refractivity contribution is 5.28. The molecule has 2 heterocycles. The molecule has 1 aromatic rings. The summed E-state index contributed by atoms with van der Waals surface area (Å²) in [4.78, 5) is 6.72. The van der Waals surface area contributed by atoms with Crippen LogP contribution in [0.15, 0.2) is 18.5 Å². The molecule has 1 N–H and O–H groups in total. The van der Waals surface area contributed by atoms with E-state index < -0.39 is 6.10 Å². The zero-order valence-electron chi connectivity index (χ0n) is 12.2. The molecule has 4 heteroatoms. The molecule has 0 amide bonds. The second kappa shape index (κ2) is 5.70. The Morgan fingerprint density at radius 3 is 2.55 bits per heavy atom. The highest BCUT2D eigenvalue weighted by atomic mass is 16.5. The first-order chi connectivity index (χ1) is 9.76. The first kappa shape index (κ1) is 13.8. The van der Waals surface area contributed by atoms with E-state index in [0.717, 1.165) is 37.2 Å². The predicted molar refractivity (Wildman–Crippen MR) is 77.8 cm³/mol. The fourth-order valence-electron chi connectivity index (χ4n) is 3.92.